The molecule has 0 amide bonds. The first-order valence-corrected chi connectivity index (χ1v) is 8.39. The summed E-state index contributed by atoms with van der Waals surface area (Å²) in [5, 5.41) is 0. The van der Waals surface area contributed by atoms with Crippen LogP contribution in [0, 0.1) is 11.6 Å². The van der Waals surface area contributed by atoms with E-state index in [-0.39, 0.29) is 17.3 Å². The molecule has 0 atom stereocenters. The Balaban J connectivity index is 1.62. The van der Waals surface area contributed by atoms with Crippen LogP contribution in [0.25, 0.3) is 6.08 Å². The molecule has 28 heavy (non-hydrogen) atoms. The number of hydrogen-bond donors (Lipinski definition) is 0. The molecule has 3 aromatic rings. The van der Waals surface area contributed by atoms with Crippen LogP contribution in [-0.2, 0) is 9.53 Å². The lowest BCUT2D eigenvalue weighted by molar-refractivity contribution is -0.129. The molecule has 4 nitrogen and oxygen atoms in total. The molecule has 1 heterocycles. The van der Waals surface area contributed by atoms with Crippen LogP contribution >= 0.6 is 0 Å². The van der Waals surface area contributed by atoms with Crippen LogP contribution in [0.5, 0.6) is 11.5 Å². The van der Waals surface area contributed by atoms with E-state index in [1.165, 1.54) is 48.5 Å². The van der Waals surface area contributed by atoms with Crippen molar-refractivity contribution in [2.45, 2.75) is 0 Å². The largest absolute Gasteiger partial charge is 0.454 e. The molecule has 3 aromatic carbocycles. The summed E-state index contributed by atoms with van der Waals surface area (Å²) in [4.78, 5) is 16.2. The van der Waals surface area contributed by atoms with Crippen LogP contribution in [0.4, 0.5) is 8.78 Å². The van der Waals surface area contributed by atoms with E-state index < -0.39 is 17.6 Å². The Morgan fingerprint density at radius 2 is 1.68 bits per heavy atom. The number of halogens is 2. The van der Waals surface area contributed by atoms with Gasteiger partial charge in [0.05, 0.1) is 0 Å². The second-order valence-corrected chi connectivity index (χ2v) is 5.95. The molecule has 0 N–H and O–H groups in total. The zero-order chi connectivity index (χ0) is 19.5. The Bertz CT molecular complexity index is 1090. The van der Waals surface area contributed by atoms with Crippen molar-refractivity contribution in [3.05, 3.63) is 101 Å². The number of esters is 1. The van der Waals surface area contributed by atoms with Crippen LogP contribution < -0.4 is 4.74 Å². The van der Waals surface area contributed by atoms with Crippen molar-refractivity contribution >= 4 is 17.9 Å². The van der Waals surface area contributed by atoms with Crippen LogP contribution in [0.15, 0.2) is 83.5 Å². The number of ether oxygens (including phenoxy) is 2. The summed E-state index contributed by atoms with van der Waals surface area (Å²) in [7, 11) is 0. The summed E-state index contributed by atoms with van der Waals surface area (Å²) in [6.07, 6.45) is 1.47. The van der Waals surface area contributed by atoms with Crippen molar-refractivity contribution in [3.63, 3.8) is 0 Å². The summed E-state index contributed by atoms with van der Waals surface area (Å²) in [6, 6.07) is 18.4. The Labute approximate surface area is 159 Å². The summed E-state index contributed by atoms with van der Waals surface area (Å²) in [5.41, 5.74) is 1.05. The summed E-state index contributed by atoms with van der Waals surface area (Å²) in [5.74, 6) is -0.983. The van der Waals surface area contributed by atoms with Gasteiger partial charge in [0.25, 0.3) is 0 Å². The van der Waals surface area contributed by atoms with E-state index in [1.807, 2.05) is 6.07 Å². The number of nitrogens with zero attached hydrogens (tertiary/aromatic N) is 1. The lowest BCUT2D eigenvalue weighted by Crippen LogP contribution is -2.05. The van der Waals surface area contributed by atoms with Gasteiger partial charge in [-0.2, -0.15) is 0 Å². The maximum absolute atomic E-state index is 14.1. The van der Waals surface area contributed by atoms with Crippen molar-refractivity contribution < 1.29 is 23.0 Å². The van der Waals surface area contributed by atoms with Crippen molar-refractivity contribution in [3.8, 4) is 11.5 Å². The highest BCUT2D eigenvalue weighted by Crippen LogP contribution is 2.27. The number of cyclic esters (lactones) is 1. The van der Waals surface area contributed by atoms with Crippen LogP contribution in [-0.4, -0.2) is 11.9 Å². The lowest BCUT2D eigenvalue weighted by atomic mass is 10.1. The van der Waals surface area contributed by atoms with Gasteiger partial charge in [-0.05, 0) is 60.2 Å². The van der Waals surface area contributed by atoms with Crippen LogP contribution in [0.1, 0.15) is 11.1 Å². The van der Waals surface area contributed by atoms with E-state index in [4.69, 9.17) is 9.47 Å². The highest BCUT2D eigenvalue weighted by Gasteiger charge is 2.24. The Kier molecular flexibility index (Phi) is 4.68. The zero-order valence-corrected chi connectivity index (χ0v) is 14.4. The smallest absolute Gasteiger partial charge is 0.363 e. The second kappa shape index (κ2) is 7.44. The summed E-state index contributed by atoms with van der Waals surface area (Å²) < 4.78 is 37.8. The van der Waals surface area contributed by atoms with E-state index >= 15 is 0 Å². The molecule has 0 radical (unpaired) electrons. The van der Waals surface area contributed by atoms with Crippen molar-refractivity contribution in [2.24, 2.45) is 4.99 Å². The standard InChI is InChI=1S/C22H13F2NO3/c23-16-9-7-15(8-10-16)21-25-19(22(26)28-21)12-14-6-11-18(24)20(13-14)27-17-4-2-1-3-5-17/h1-13H/b19-12-. The number of carbonyl (C=O) groups excluding carboxylic acids is 1. The third-order valence-electron chi connectivity index (χ3n) is 3.94. The molecule has 1 aliphatic rings. The lowest BCUT2D eigenvalue weighted by Gasteiger charge is -2.07. The van der Waals surface area contributed by atoms with Gasteiger partial charge in [-0.15, -0.1) is 0 Å². The molecule has 0 spiro atoms. The maximum Gasteiger partial charge on any atom is 0.363 e. The minimum Gasteiger partial charge on any atom is -0.454 e. The van der Waals surface area contributed by atoms with Gasteiger partial charge in [-0.3, -0.25) is 0 Å². The van der Waals surface area contributed by atoms with E-state index in [2.05, 4.69) is 4.99 Å². The highest BCUT2D eigenvalue weighted by molar-refractivity contribution is 6.12. The van der Waals surface area contributed by atoms with Gasteiger partial charge in [0.1, 0.15) is 11.6 Å². The average molecular weight is 377 g/mol. The Morgan fingerprint density at radius 3 is 2.43 bits per heavy atom. The van der Waals surface area contributed by atoms with E-state index in [0.717, 1.165) is 0 Å². The van der Waals surface area contributed by atoms with Gasteiger partial charge in [0.15, 0.2) is 17.3 Å². The molecule has 0 aliphatic carbocycles. The maximum atomic E-state index is 14.1. The molecule has 0 saturated carbocycles. The Hall–Kier alpha value is -3.80. The highest BCUT2D eigenvalue weighted by atomic mass is 19.1. The van der Waals surface area contributed by atoms with E-state index in [0.29, 0.717) is 16.9 Å². The fraction of sp³-hybridized carbons (Fsp3) is 0. The minimum atomic E-state index is -0.644. The predicted molar refractivity (Wildman–Crippen MR) is 99.9 cm³/mol. The van der Waals surface area contributed by atoms with Gasteiger partial charge in [0.2, 0.25) is 5.90 Å². The molecular formula is C22H13F2NO3. The topological polar surface area (TPSA) is 47.9 Å². The number of rotatable bonds is 4. The van der Waals surface area contributed by atoms with Crippen molar-refractivity contribution in [1.82, 2.24) is 0 Å². The summed E-state index contributed by atoms with van der Waals surface area (Å²) >= 11 is 0. The molecule has 0 bridgehead atoms. The number of hydrogen-bond acceptors (Lipinski definition) is 4. The fourth-order valence-electron chi connectivity index (χ4n) is 2.59. The number of carbonyl (C=O) groups is 1. The molecule has 0 unspecified atom stereocenters. The second-order valence-electron chi connectivity index (χ2n) is 5.95. The molecule has 0 saturated heterocycles. The monoisotopic (exact) mass is 377 g/mol. The fourth-order valence-corrected chi connectivity index (χ4v) is 2.59. The van der Waals surface area contributed by atoms with Crippen molar-refractivity contribution in [1.29, 1.82) is 0 Å². The summed E-state index contributed by atoms with van der Waals surface area (Å²) in [6.45, 7) is 0. The molecule has 1 aliphatic heterocycles. The quantitative estimate of drug-likeness (QED) is 0.469. The van der Waals surface area contributed by atoms with Crippen molar-refractivity contribution in [2.75, 3.05) is 0 Å². The van der Waals surface area contributed by atoms with Gasteiger partial charge >= 0.3 is 5.97 Å². The first-order valence-electron chi connectivity index (χ1n) is 8.39. The molecule has 0 aromatic heterocycles. The van der Waals surface area contributed by atoms with Gasteiger partial charge < -0.3 is 9.47 Å². The SMILES string of the molecule is O=C1OC(c2ccc(F)cc2)=N/C1=C\c1ccc(F)c(Oc2ccccc2)c1. The van der Waals surface area contributed by atoms with E-state index in [9.17, 15) is 13.6 Å². The third kappa shape index (κ3) is 3.81. The minimum absolute atomic E-state index is 0.0228. The van der Waals surface area contributed by atoms with Gasteiger partial charge in [-0.25, -0.2) is 18.6 Å². The number of para-hydroxylation sites is 1. The Morgan fingerprint density at radius 1 is 0.929 bits per heavy atom. The van der Waals surface area contributed by atoms with Gasteiger partial charge in [-0.1, -0.05) is 24.3 Å². The molecule has 4 rings (SSSR count). The van der Waals surface area contributed by atoms with Gasteiger partial charge in [0, 0.05) is 5.56 Å². The first kappa shape index (κ1) is 17.6. The van der Waals surface area contributed by atoms with Crippen LogP contribution in [0.2, 0.25) is 0 Å². The average Bonchev–Trinajstić information content (AvgIpc) is 3.06. The van der Waals surface area contributed by atoms with E-state index in [1.54, 1.807) is 24.3 Å². The molecule has 0 fully saturated rings. The zero-order valence-electron chi connectivity index (χ0n) is 14.4. The number of benzene rings is 3. The molecular weight excluding hydrogens is 364 g/mol. The molecule has 6 heteroatoms. The normalized spacial score (nSPS) is 14.7. The molecule has 138 valence electrons. The first-order chi connectivity index (χ1) is 13.6. The predicted octanol–water partition coefficient (Wildman–Crippen LogP) is 5.10. The van der Waals surface area contributed by atoms with Crippen LogP contribution in [0.3, 0.4) is 0 Å². The number of aliphatic imine (C=N–C) groups is 1. The third-order valence-corrected chi connectivity index (χ3v) is 3.94.